The van der Waals surface area contributed by atoms with E-state index < -0.39 is 36.3 Å². The first-order valence-electron chi connectivity index (χ1n) is 6.42. The molecule has 0 aliphatic carbocycles. The fraction of sp³-hybridized carbons (Fsp3) is 1.00. The Labute approximate surface area is 107 Å². The van der Waals surface area contributed by atoms with Gasteiger partial charge < -0.3 is 8.23 Å². The molecule has 0 radical (unpaired) electrons. The predicted octanol–water partition coefficient (Wildman–Crippen LogP) is 1.71. The second kappa shape index (κ2) is 9.72. The summed E-state index contributed by atoms with van der Waals surface area (Å²) in [7, 11) is -4.78. The Balaban J connectivity index is 3.46. The molecule has 16 heavy (non-hydrogen) atoms. The molecule has 0 saturated carbocycles. The van der Waals surface area contributed by atoms with Crippen LogP contribution >= 0.6 is 0 Å². The highest BCUT2D eigenvalue weighted by Crippen LogP contribution is 2.17. The van der Waals surface area contributed by atoms with E-state index in [-0.39, 0.29) is 0 Å². The molecule has 0 rings (SSSR count). The first-order chi connectivity index (χ1) is 7.48. The van der Waals surface area contributed by atoms with Gasteiger partial charge >= 0.3 is 8.65 Å². The summed E-state index contributed by atoms with van der Waals surface area (Å²) < 4.78 is 25.2. The second-order valence-electron chi connectivity index (χ2n) is 4.68. The highest BCUT2D eigenvalue weighted by atomic mass is 29.2. The van der Waals surface area contributed by atoms with Crippen LogP contribution in [0.25, 0.3) is 0 Å². The standard InChI is InChI=1S/C9H27FO2Si4/c1-5-6-7-8-9-16(4,10)12-14-13-11-15(2)3/h15H,5-9,13-14H2,1-4H3. The topological polar surface area (TPSA) is 18.5 Å². The smallest absolute Gasteiger partial charge is 0.370 e. The Morgan fingerprint density at radius 3 is 2.44 bits per heavy atom. The van der Waals surface area contributed by atoms with Crippen molar-refractivity contribution < 1.29 is 12.3 Å². The van der Waals surface area contributed by atoms with Crippen molar-refractivity contribution in [2.45, 2.75) is 58.3 Å². The summed E-state index contributed by atoms with van der Waals surface area (Å²) in [6, 6.07) is 0.688. The van der Waals surface area contributed by atoms with Gasteiger partial charge in [-0.1, -0.05) is 32.6 Å². The zero-order valence-electron chi connectivity index (χ0n) is 11.2. The number of rotatable bonds is 10. The summed E-state index contributed by atoms with van der Waals surface area (Å²) in [6.45, 7) is 8.22. The van der Waals surface area contributed by atoms with E-state index in [4.69, 9.17) is 8.23 Å². The van der Waals surface area contributed by atoms with Crippen LogP contribution in [0.1, 0.15) is 32.6 Å². The number of halogens is 1. The summed E-state index contributed by atoms with van der Waals surface area (Å²) in [5.74, 6) is 0. The largest absolute Gasteiger partial charge is 0.463 e. The SMILES string of the molecule is CCCCCC[Si](C)(F)O[SiH2][SiH2]O[SiH](C)C. The van der Waals surface area contributed by atoms with E-state index in [1.54, 1.807) is 6.55 Å². The van der Waals surface area contributed by atoms with E-state index in [1.807, 2.05) is 0 Å². The van der Waals surface area contributed by atoms with Gasteiger partial charge in [-0.3, -0.25) is 4.11 Å². The van der Waals surface area contributed by atoms with Gasteiger partial charge in [-0.05, 0) is 25.7 Å². The van der Waals surface area contributed by atoms with Crippen molar-refractivity contribution in [1.29, 1.82) is 0 Å². The molecule has 0 saturated heterocycles. The molecule has 0 aliphatic heterocycles. The van der Waals surface area contributed by atoms with Crippen LogP contribution in [0.15, 0.2) is 0 Å². The molecule has 0 aromatic rings. The Morgan fingerprint density at radius 2 is 1.88 bits per heavy atom. The molecule has 1 atom stereocenters. The molecule has 0 amide bonds. The maximum atomic E-state index is 14.0. The van der Waals surface area contributed by atoms with Crippen molar-refractivity contribution in [3.63, 3.8) is 0 Å². The van der Waals surface area contributed by atoms with E-state index >= 15 is 0 Å². The molecule has 0 fully saturated rings. The monoisotopic (exact) mass is 298 g/mol. The molecular weight excluding hydrogens is 271 g/mol. The molecule has 2 nitrogen and oxygen atoms in total. The molecule has 0 aromatic heterocycles. The molecule has 0 N–H and O–H groups in total. The average molecular weight is 299 g/mol. The lowest BCUT2D eigenvalue weighted by atomic mass is 10.2. The van der Waals surface area contributed by atoms with Gasteiger partial charge in [-0.2, -0.15) is 0 Å². The van der Waals surface area contributed by atoms with E-state index in [0.717, 1.165) is 12.8 Å². The molecule has 98 valence electrons. The van der Waals surface area contributed by atoms with Crippen molar-refractivity contribution in [2.75, 3.05) is 0 Å². The van der Waals surface area contributed by atoms with Gasteiger partial charge in [0.2, 0.25) is 0 Å². The third-order valence-electron chi connectivity index (χ3n) is 2.41. The van der Waals surface area contributed by atoms with E-state index in [2.05, 4.69) is 20.0 Å². The van der Waals surface area contributed by atoms with Gasteiger partial charge in [-0.15, -0.1) is 0 Å². The zero-order valence-corrected chi connectivity index (χ0v) is 16.2. The first-order valence-corrected chi connectivity index (χ1v) is 16.9. The van der Waals surface area contributed by atoms with E-state index in [9.17, 15) is 4.11 Å². The lowest BCUT2D eigenvalue weighted by Gasteiger charge is -2.18. The predicted molar refractivity (Wildman–Crippen MR) is 79.8 cm³/mol. The molecule has 0 aliphatic rings. The molecular formula is C9H27FO2Si4. The van der Waals surface area contributed by atoms with E-state index in [0.29, 0.717) is 6.04 Å². The summed E-state index contributed by atoms with van der Waals surface area (Å²) in [5, 5.41) is 0. The lowest BCUT2D eigenvalue weighted by Crippen LogP contribution is -2.34. The molecule has 0 aromatic carbocycles. The molecule has 0 heterocycles. The number of hydrogen-bond acceptors (Lipinski definition) is 2. The van der Waals surface area contributed by atoms with Crippen molar-refractivity contribution in [2.24, 2.45) is 0 Å². The fourth-order valence-electron chi connectivity index (χ4n) is 1.48. The lowest BCUT2D eigenvalue weighted by molar-refractivity contribution is 0.483. The highest BCUT2D eigenvalue weighted by Gasteiger charge is 2.28. The number of hydrogen-bond donors (Lipinski definition) is 0. The molecule has 7 heteroatoms. The third kappa shape index (κ3) is 11.2. The Hall–Kier alpha value is 0.718. The normalized spacial score (nSPS) is 16.9. The van der Waals surface area contributed by atoms with Crippen molar-refractivity contribution in [1.82, 2.24) is 0 Å². The van der Waals surface area contributed by atoms with Crippen molar-refractivity contribution in [3.05, 3.63) is 0 Å². The molecule has 1 unspecified atom stereocenters. The second-order valence-corrected chi connectivity index (χ2v) is 15.2. The van der Waals surface area contributed by atoms with Gasteiger partial charge in [0.15, 0.2) is 27.6 Å². The summed E-state index contributed by atoms with van der Waals surface area (Å²) >= 11 is 0. The van der Waals surface area contributed by atoms with Gasteiger partial charge in [0.05, 0.1) is 0 Å². The van der Waals surface area contributed by atoms with Crippen LogP contribution < -0.4 is 0 Å². The quantitative estimate of drug-likeness (QED) is 0.347. The number of unbranched alkanes of at least 4 members (excludes halogenated alkanes) is 3. The highest BCUT2D eigenvalue weighted by molar-refractivity contribution is 6.99. The van der Waals surface area contributed by atoms with Crippen LogP contribution in [0.3, 0.4) is 0 Å². The third-order valence-corrected chi connectivity index (χ3v) is 15.1. The minimum absolute atomic E-state index is 0.476. The fourth-order valence-corrected chi connectivity index (χ4v) is 16.9. The van der Waals surface area contributed by atoms with Crippen LogP contribution in [-0.4, -0.2) is 36.3 Å². The van der Waals surface area contributed by atoms with Gasteiger partial charge in [0, 0.05) is 0 Å². The Kier molecular flexibility index (Phi) is 10.2. The summed E-state index contributed by atoms with van der Waals surface area (Å²) in [5.41, 5.74) is 0. The van der Waals surface area contributed by atoms with Gasteiger partial charge in [0.25, 0.3) is 0 Å². The average Bonchev–Trinajstić information content (AvgIpc) is 2.19. The van der Waals surface area contributed by atoms with E-state index in [1.165, 1.54) is 12.8 Å². The van der Waals surface area contributed by atoms with Crippen LogP contribution in [0.4, 0.5) is 4.11 Å². The Morgan fingerprint density at radius 1 is 1.19 bits per heavy atom. The summed E-state index contributed by atoms with van der Waals surface area (Å²) in [4.78, 5) is 0. The minimum Gasteiger partial charge on any atom is -0.463 e. The zero-order chi connectivity index (χ0) is 12.4. The summed E-state index contributed by atoms with van der Waals surface area (Å²) in [6.07, 6.45) is 4.59. The molecule has 0 spiro atoms. The van der Waals surface area contributed by atoms with Gasteiger partial charge in [0.1, 0.15) is 0 Å². The van der Waals surface area contributed by atoms with Crippen LogP contribution in [0.2, 0.25) is 25.7 Å². The first kappa shape index (κ1) is 16.7. The Bertz CT molecular complexity index is 170. The van der Waals surface area contributed by atoms with Crippen molar-refractivity contribution in [3.8, 4) is 0 Å². The molecule has 0 bridgehead atoms. The maximum Gasteiger partial charge on any atom is 0.370 e. The van der Waals surface area contributed by atoms with Crippen LogP contribution in [-0.2, 0) is 8.23 Å². The van der Waals surface area contributed by atoms with Crippen LogP contribution in [0, 0.1) is 0 Å². The van der Waals surface area contributed by atoms with Gasteiger partial charge in [-0.25, -0.2) is 0 Å². The minimum atomic E-state index is -2.79. The maximum absolute atomic E-state index is 14.0. The van der Waals surface area contributed by atoms with Crippen LogP contribution in [0.5, 0.6) is 0 Å². The van der Waals surface area contributed by atoms with Crippen molar-refractivity contribution >= 4 is 36.3 Å².